The van der Waals surface area contributed by atoms with Gasteiger partial charge < -0.3 is 11.1 Å². The predicted molar refractivity (Wildman–Crippen MR) is 96.7 cm³/mol. The predicted octanol–water partition coefficient (Wildman–Crippen LogP) is 3.87. The standard InChI is InChI=1S/C21H24N2O/c1-13-5-2-3-7-16(13)18-12-19(18)21(24)23-20-8-4-6-14-11-15(22)9-10-17(14)20/h2-3,5,7,9-11,18-20H,4,6,8,12,22H2,1H3,(H,23,24). The van der Waals surface area contributed by atoms with Crippen molar-refractivity contribution in [3.05, 3.63) is 64.7 Å². The fourth-order valence-corrected chi connectivity index (χ4v) is 4.09. The number of nitrogen functional groups attached to an aromatic ring is 1. The molecular formula is C21H24N2O. The Balaban J connectivity index is 1.46. The number of rotatable bonds is 3. The fourth-order valence-electron chi connectivity index (χ4n) is 4.09. The summed E-state index contributed by atoms with van der Waals surface area (Å²) in [5.74, 6) is 0.726. The second-order valence-corrected chi connectivity index (χ2v) is 7.22. The first kappa shape index (κ1) is 15.3. The molecule has 0 radical (unpaired) electrons. The van der Waals surface area contributed by atoms with Crippen LogP contribution in [-0.2, 0) is 11.2 Å². The Morgan fingerprint density at radius 1 is 1.17 bits per heavy atom. The smallest absolute Gasteiger partial charge is 0.224 e. The average molecular weight is 320 g/mol. The molecule has 1 amide bonds. The molecule has 3 unspecified atom stereocenters. The van der Waals surface area contributed by atoms with Gasteiger partial charge in [0.15, 0.2) is 0 Å². The summed E-state index contributed by atoms with van der Waals surface area (Å²) < 4.78 is 0. The minimum atomic E-state index is 0.130. The number of aryl methyl sites for hydroxylation is 2. The average Bonchev–Trinajstić information content (AvgIpc) is 3.36. The van der Waals surface area contributed by atoms with Crippen molar-refractivity contribution in [2.24, 2.45) is 5.92 Å². The SMILES string of the molecule is Cc1ccccc1C1CC1C(=O)NC1CCCc2cc(N)ccc21. The second kappa shape index (κ2) is 5.97. The molecule has 3 atom stereocenters. The highest BCUT2D eigenvalue weighted by Gasteiger charge is 2.45. The minimum Gasteiger partial charge on any atom is -0.399 e. The van der Waals surface area contributed by atoms with Gasteiger partial charge in [-0.25, -0.2) is 0 Å². The van der Waals surface area contributed by atoms with Crippen LogP contribution in [-0.4, -0.2) is 5.91 Å². The fraction of sp³-hybridized carbons (Fsp3) is 0.381. The van der Waals surface area contributed by atoms with E-state index in [0.29, 0.717) is 5.92 Å². The van der Waals surface area contributed by atoms with Gasteiger partial charge in [0.2, 0.25) is 5.91 Å². The maximum Gasteiger partial charge on any atom is 0.224 e. The minimum absolute atomic E-state index is 0.130. The van der Waals surface area contributed by atoms with Crippen LogP contribution in [0.4, 0.5) is 5.69 Å². The molecule has 2 aromatic carbocycles. The molecule has 4 rings (SSSR count). The Morgan fingerprint density at radius 3 is 2.83 bits per heavy atom. The molecule has 0 saturated heterocycles. The molecule has 0 heterocycles. The van der Waals surface area contributed by atoms with Gasteiger partial charge in [-0.1, -0.05) is 30.3 Å². The first-order chi connectivity index (χ1) is 11.6. The van der Waals surface area contributed by atoms with E-state index in [-0.39, 0.29) is 17.9 Å². The Morgan fingerprint density at radius 2 is 2.00 bits per heavy atom. The Hall–Kier alpha value is -2.29. The number of hydrogen-bond donors (Lipinski definition) is 2. The molecular weight excluding hydrogens is 296 g/mol. The topological polar surface area (TPSA) is 55.1 Å². The van der Waals surface area contributed by atoms with Crippen molar-refractivity contribution in [2.45, 2.75) is 44.6 Å². The van der Waals surface area contributed by atoms with Crippen LogP contribution in [0, 0.1) is 12.8 Å². The Labute approximate surface area is 143 Å². The van der Waals surface area contributed by atoms with Gasteiger partial charge in [-0.05, 0) is 72.9 Å². The second-order valence-electron chi connectivity index (χ2n) is 7.22. The molecule has 0 aliphatic heterocycles. The quantitative estimate of drug-likeness (QED) is 0.843. The molecule has 0 aromatic heterocycles. The van der Waals surface area contributed by atoms with E-state index in [4.69, 9.17) is 5.73 Å². The van der Waals surface area contributed by atoms with Crippen LogP contribution in [0.5, 0.6) is 0 Å². The number of nitrogens with two attached hydrogens (primary N) is 1. The molecule has 3 heteroatoms. The van der Waals surface area contributed by atoms with Gasteiger partial charge in [0.25, 0.3) is 0 Å². The summed E-state index contributed by atoms with van der Waals surface area (Å²) in [6.07, 6.45) is 4.15. The number of carbonyl (C=O) groups is 1. The summed E-state index contributed by atoms with van der Waals surface area (Å²) in [5.41, 5.74) is 11.9. The summed E-state index contributed by atoms with van der Waals surface area (Å²) in [4.78, 5) is 12.7. The lowest BCUT2D eigenvalue weighted by atomic mass is 9.87. The summed E-state index contributed by atoms with van der Waals surface area (Å²) in [6, 6.07) is 14.6. The lowest BCUT2D eigenvalue weighted by Crippen LogP contribution is -2.32. The van der Waals surface area contributed by atoms with Crippen LogP contribution in [0.1, 0.15) is 53.5 Å². The molecule has 3 nitrogen and oxygen atoms in total. The van der Waals surface area contributed by atoms with Crippen molar-refractivity contribution in [3.8, 4) is 0 Å². The molecule has 124 valence electrons. The third-order valence-electron chi connectivity index (χ3n) is 5.51. The van der Waals surface area contributed by atoms with Gasteiger partial charge in [0, 0.05) is 11.6 Å². The summed E-state index contributed by atoms with van der Waals surface area (Å²) in [5, 5.41) is 3.30. The summed E-state index contributed by atoms with van der Waals surface area (Å²) in [6.45, 7) is 2.13. The van der Waals surface area contributed by atoms with Gasteiger partial charge in [-0.15, -0.1) is 0 Å². The molecule has 24 heavy (non-hydrogen) atoms. The first-order valence-electron chi connectivity index (χ1n) is 8.87. The van der Waals surface area contributed by atoms with E-state index in [0.717, 1.165) is 31.4 Å². The summed E-state index contributed by atoms with van der Waals surface area (Å²) in [7, 11) is 0. The van der Waals surface area contributed by atoms with Crippen molar-refractivity contribution in [1.82, 2.24) is 5.32 Å². The van der Waals surface area contributed by atoms with E-state index >= 15 is 0 Å². The highest BCUT2D eigenvalue weighted by atomic mass is 16.2. The van der Waals surface area contributed by atoms with Crippen molar-refractivity contribution < 1.29 is 4.79 Å². The molecule has 3 N–H and O–H groups in total. The molecule has 1 fully saturated rings. The molecule has 0 bridgehead atoms. The number of anilines is 1. The zero-order valence-corrected chi connectivity index (χ0v) is 14.1. The number of carbonyl (C=O) groups excluding carboxylic acids is 1. The lowest BCUT2D eigenvalue weighted by molar-refractivity contribution is -0.123. The number of benzene rings is 2. The molecule has 0 spiro atoms. The summed E-state index contributed by atoms with van der Waals surface area (Å²) >= 11 is 0. The zero-order chi connectivity index (χ0) is 16.7. The highest BCUT2D eigenvalue weighted by molar-refractivity contribution is 5.83. The number of fused-ring (bicyclic) bond motifs is 1. The van der Waals surface area contributed by atoms with Gasteiger partial charge >= 0.3 is 0 Å². The van der Waals surface area contributed by atoms with E-state index in [2.05, 4.69) is 48.6 Å². The third kappa shape index (κ3) is 2.79. The maximum atomic E-state index is 12.7. The van der Waals surface area contributed by atoms with Crippen LogP contribution in [0.25, 0.3) is 0 Å². The number of hydrogen-bond acceptors (Lipinski definition) is 2. The van der Waals surface area contributed by atoms with Gasteiger partial charge in [-0.3, -0.25) is 4.79 Å². The lowest BCUT2D eigenvalue weighted by Gasteiger charge is -2.27. The van der Waals surface area contributed by atoms with E-state index in [1.54, 1.807) is 0 Å². The van der Waals surface area contributed by atoms with Crippen LogP contribution in [0.15, 0.2) is 42.5 Å². The van der Waals surface area contributed by atoms with Crippen LogP contribution >= 0.6 is 0 Å². The largest absolute Gasteiger partial charge is 0.399 e. The van der Waals surface area contributed by atoms with Crippen molar-refractivity contribution in [3.63, 3.8) is 0 Å². The van der Waals surface area contributed by atoms with Gasteiger partial charge in [0.1, 0.15) is 0 Å². The molecule has 2 aliphatic rings. The van der Waals surface area contributed by atoms with Crippen LogP contribution < -0.4 is 11.1 Å². The maximum absolute atomic E-state index is 12.7. The highest BCUT2D eigenvalue weighted by Crippen LogP contribution is 2.49. The van der Waals surface area contributed by atoms with E-state index in [1.807, 2.05) is 6.07 Å². The van der Waals surface area contributed by atoms with E-state index < -0.39 is 0 Å². The third-order valence-corrected chi connectivity index (χ3v) is 5.51. The van der Waals surface area contributed by atoms with Crippen LogP contribution in [0.2, 0.25) is 0 Å². The Kier molecular flexibility index (Phi) is 3.79. The van der Waals surface area contributed by atoms with E-state index in [1.165, 1.54) is 22.3 Å². The molecule has 2 aliphatic carbocycles. The molecule has 2 aromatic rings. The van der Waals surface area contributed by atoms with Gasteiger partial charge in [-0.2, -0.15) is 0 Å². The normalized spacial score (nSPS) is 25.0. The van der Waals surface area contributed by atoms with Crippen molar-refractivity contribution in [2.75, 3.05) is 5.73 Å². The Bertz CT molecular complexity index is 783. The van der Waals surface area contributed by atoms with Crippen LogP contribution in [0.3, 0.4) is 0 Å². The first-order valence-corrected chi connectivity index (χ1v) is 8.87. The van der Waals surface area contributed by atoms with Crippen molar-refractivity contribution in [1.29, 1.82) is 0 Å². The zero-order valence-electron chi connectivity index (χ0n) is 14.1. The van der Waals surface area contributed by atoms with Crippen molar-refractivity contribution >= 4 is 11.6 Å². The monoisotopic (exact) mass is 320 g/mol. The molecule has 1 saturated carbocycles. The van der Waals surface area contributed by atoms with Gasteiger partial charge in [0.05, 0.1) is 6.04 Å². The van der Waals surface area contributed by atoms with E-state index in [9.17, 15) is 4.79 Å². The number of amides is 1. The number of nitrogens with one attached hydrogen (secondary N) is 1.